The van der Waals surface area contributed by atoms with E-state index >= 15 is 0 Å². The summed E-state index contributed by atoms with van der Waals surface area (Å²) in [5.74, 6) is 1.54. The average Bonchev–Trinajstić information content (AvgIpc) is 2.46. The second-order valence-corrected chi connectivity index (χ2v) is 8.37. The fraction of sp³-hybridized carbons (Fsp3) is 1.00. The minimum atomic E-state index is 0.409. The number of ether oxygens (including phenoxy) is 1. The van der Waals surface area contributed by atoms with Crippen molar-refractivity contribution in [3.05, 3.63) is 0 Å². The lowest BCUT2D eigenvalue weighted by atomic mass is 9.69. The first-order valence-corrected chi connectivity index (χ1v) is 8.81. The molecule has 3 nitrogen and oxygen atoms in total. The van der Waals surface area contributed by atoms with Gasteiger partial charge in [0.25, 0.3) is 0 Å². The largest absolute Gasteiger partial charge is 0.380 e. The fourth-order valence-electron chi connectivity index (χ4n) is 4.34. The normalized spacial score (nSPS) is 39.4. The number of piperidine rings is 1. The number of likely N-dealkylation sites (N-methyl/N-ethyl adjacent to an activating group) is 1. The molecule has 124 valence electrons. The Bertz CT molecular complexity index is 326. The quantitative estimate of drug-likeness (QED) is 0.866. The molecule has 0 bridgehead atoms. The molecule has 5 unspecified atom stereocenters. The van der Waals surface area contributed by atoms with E-state index in [1.165, 1.54) is 32.2 Å². The highest BCUT2D eigenvalue weighted by atomic mass is 16.5. The molecule has 1 saturated heterocycles. The zero-order valence-corrected chi connectivity index (χ0v) is 15.0. The average molecular weight is 296 g/mol. The van der Waals surface area contributed by atoms with Crippen molar-refractivity contribution in [3.63, 3.8) is 0 Å². The van der Waals surface area contributed by atoms with Crippen molar-refractivity contribution >= 4 is 0 Å². The topological polar surface area (TPSA) is 24.5 Å². The van der Waals surface area contributed by atoms with Crippen LogP contribution in [0.5, 0.6) is 0 Å². The Morgan fingerprint density at radius 1 is 1.14 bits per heavy atom. The van der Waals surface area contributed by atoms with Crippen molar-refractivity contribution in [2.75, 3.05) is 27.2 Å². The van der Waals surface area contributed by atoms with E-state index in [0.29, 0.717) is 29.5 Å². The van der Waals surface area contributed by atoms with Crippen LogP contribution in [0.3, 0.4) is 0 Å². The maximum Gasteiger partial charge on any atom is 0.0724 e. The molecule has 2 aliphatic rings. The van der Waals surface area contributed by atoms with Crippen molar-refractivity contribution < 1.29 is 4.74 Å². The predicted octanol–water partition coefficient (Wildman–Crippen LogP) is 3.15. The van der Waals surface area contributed by atoms with Crippen LogP contribution >= 0.6 is 0 Å². The second kappa shape index (κ2) is 6.97. The van der Waals surface area contributed by atoms with E-state index in [1.54, 1.807) is 0 Å². The van der Waals surface area contributed by atoms with Crippen LogP contribution in [0.4, 0.5) is 0 Å². The van der Waals surface area contributed by atoms with Gasteiger partial charge in [-0.2, -0.15) is 0 Å². The summed E-state index contributed by atoms with van der Waals surface area (Å²) in [6, 6.07) is 1.33. The lowest BCUT2D eigenvalue weighted by Gasteiger charge is -2.49. The molecule has 0 spiro atoms. The molecule has 0 radical (unpaired) electrons. The van der Waals surface area contributed by atoms with Gasteiger partial charge in [0.1, 0.15) is 0 Å². The van der Waals surface area contributed by atoms with Crippen LogP contribution in [0.15, 0.2) is 0 Å². The van der Waals surface area contributed by atoms with Gasteiger partial charge >= 0.3 is 0 Å². The van der Waals surface area contributed by atoms with Gasteiger partial charge in [-0.05, 0) is 56.5 Å². The number of nitrogens with zero attached hydrogens (tertiary/aromatic N) is 1. The summed E-state index contributed by atoms with van der Waals surface area (Å²) in [5.41, 5.74) is 0.431. The minimum Gasteiger partial charge on any atom is -0.380 e. The van der Waals surface area contributed by atoms with E-state index in [1.807, 2.05) is 7.11 Å². The first-order chi connectivity index (χ1) is 9.86. The number of hydrogen-bond donors (Lipinski definition) is 1. The Morgan fingerprint density at radius 2 is 1.86 bits per heavy atom. The molecule has 2 rings (SSSR count). The molecule has 0 aromatic rings. The van der Waals surface area contributed by atoms with Crippen LogP contribution in [0.2, 0.25) is 0 Å². The van der Waals surface area contributed by atoms with Crippen molar-refractivity contribution in [1.29, 1.82) is 0 Å². The van der Waals surface area contributed by atoms with Gasteiger partial charge < -0.3 is 10.1 Å². The summed E-state index contributed by atoms with van der Waals surface area (Å²) in [6.07, 6.45) is 5.69. The van der Waals surface area contributed by atoms with E-state index in [4.69, 9.17) is 4.74 Å². The van der Waals surface area contributed by atoms with Crippen LogP contribution in [-0.4, -0.2) is 50.3 Å². The molecule has 2 fully saturated rings. The summed E-state index contributed by atoms with van der Waals surface area (Å²) in [6.45, 7) is 11.9. The van der Waals surface area contributed by atoms with Gasteiger partial charge in [0.05, 0.1) is 6.10 Å². The van der Waals surface area contributed by atoms with Gasteiger partial charge in [0.15, 0.2) is 0 Å². The molecule has 1 saturated carbocycles. The zero-order chi connectivity index (χ0) is 15.6. The van der Waals surface area contributed by atoms with E-state index in [0.717, 1.165) is 12.5 Å². The Balaban J connectivity index is 2.06. The van der Waals surface area contributed by atoms with E-state index < -0.39 is 0 Å². The van der Waals surface area contributed by atoms with E-state index in [2.05, 4.69) is 45.0 Å². The van der Waals surface area contributed by atoms with Crippen molar-refractivity contribution in [2.45, 2.75) is 71.6 Å². The lowest BCUT2D eigenvalue weighted by Crippen LogP contribution is -2.58. The van der Waals surface area contributed by atoms with Gasteiger partial charge in [-0.25, -0.2) is 0 Å². The number of nitrogens with one attached hydrogen (secondary N) is 1. The van der Waals surface area contributed by atoms with Gasteiger partial charge in [-0.1, -0.05) is 27.7 Å². The standard InChI is InChI=1S/C18H36N2O/c1-13-9-10-20(12-17(13)21-6)16-11-14(18(2,3)4)7-8-15(16)19-5/h13-17,19H,7-12H2,1-6H3. The molecule has 1 aliphatic heterocycles. The third kappa shape index (κ3) is 4.00. The van der Waals surface area contributed by atoms with Gasteiger partial charge in [0.2, 0.25) is 0 Å². The Labute approximate surface area is 131 Å². The highest BCUT2D eigenvalue weighted by molar-refractivity contribution is 4.95. The van der Waals surface area contributed by atoms with Crippen LogP contribution in [-0.2, 0) is 4.74 Å². The number of hydrogen-bond acceptors (Lipinski definition) is 3. The van der Waals surface area contributed by atoms with Crippen LogP contribution in [0.25, 0.3) is 0 Å². The maximum absolute atomic E-state index is 5.73. The molecule has 5 atom stereocenters. The highest BCUT2D eigenvalue weighted by Gasteiger charge is 2.40. The van der Waals surface area contributed by atoms with Crippen LogP contribution < -0.4 is 5.32 Å². The molecule has 1 heterocycles. The first kappa shape index (κ1) is 17.2. The lowest BCUT2D eigenvalue weighted by molar-refractivity contribution is -0.0390. The fourth-order valence-corrected chi connectivity index (χ4v) is 4.34. The molecule has 0 amide bonds. The maximum atomic E-state index is 5.73. The van der Waals surface area contributed by atoms with Crippen molar-refractivity contribution in [1.82, 2.24) is 10.2 Å². The summed E-state index contributed by atoms with van der Waals surface area (Å²) in [5, 5.41) is 3.58. The summed E-state index contributed by atoms with van der Waals surface area (Å²) in [4.78, 5) is 2.72. The number of likely N-dealkylation sites (tertiary alicyclic amines) is 1. The third-order valence-corrected chi connectivity index (χ3v) is 6.10. The Hall–Kier alpha value is -0.120. The summed E-state index contributed by atoms with van der Waals surface area (Å²) in [7, 11) is 4.01. The van der Waals surface area contributed by atoms with E-state index in [9.17, 15) is 0 Å². The SMILES string of the molecule is CNC1CCC(C(C)(C)C)CC1N1CCC(C)C(OC)C1. The first-order valence-electron chi connectivity index (χ1n) is 8.81. The Morgan fingerprint density at radius 3 is 2.43 bits per heavy atom. The minimum absolute atomic E-state index is 0.409. The van der Waals surface area contributed by atoms with Gasteiger partial charge in [0, 0.05) is 25.7 Å². The third-order valence-electron chi connectivity index (χ3n) is 6.10. The van der Waals surface area contributed by atoms with Crippen LogP contribution in [0.1, 0.15) is 53.4 Å². The van der Waals surface area contributed by atoms with Crippen molar-refractivity contribution in [2.24, 2.45) is 17.3 Å². The molecule has 0 aromatic heterocycles. The molecule has 21 heavy (non-hydrogen) atoms. The summed E-state index contributed by atoms with van der Waals surface area (Å²) >= 11 is 0. The molecule has 1 N–H and O–H groups in total. The molecular weight excluding hydrogens is 260 g/mol. The monoisotopic (exact) mass is 296 g/mol. The van der Waals surface area contributed by atoms with Crippen molar-refractivity contribution in [3.8, 4) is 0 Å². The zero-order valence-electron chi connectivity index (χ0n) is 15.0. The molecule has 1 aliphatic carbocycles. The van der Waals surface area contributed by atoms with Gasteiger partial charge in [-0.15, -0.1) is 0 Å². The summed E-state index contributed by atoms with van der Waals surface area (Å²) < 4.78 is 5.73. The van der Waals surface area contributed by atoms with E-state index in [-0.39, 0.29) is 0 Å². The van der Waals surface area contributed by atoms with Crippen LogP contribution in [0, 0.1) is 17.3 Å². The predicted molar refractivity (Wildman–Crippen MR) is 89.6 cm³/mol. The smallest absolute Gasteiger partial charge is 0.0724 e. The molecule has 3 heteroatoms. The number of rotatable bonds is 3. The second-order valence-electron chi connectivity index (χ2n) is 8.37. The molecular formula is C18H36N2O. The molecule has 0 aromatic carbocycles. The number of methoxy groups -OCH3 is 1. The Kier molecular flexibility index (Phi) is 5.72. The van der Waals surface area contributed by atoms with Gasteiger partial charge in [-0.3, -0.25) is 4.90 Å². The highest BCUT2D eigenvalue weighted by Crippen LogP contribution is 2.40.